The van der Waals surface area contributed by atoms with Crippen LogP contribution in [0.25, 0.3) is 0 Å². The molecule has 2 amide bonds. The molecule has 3 rings (SSSR count). The van der Waals surface area contributed by atoms with E-state index >= 15 is 0 Å². The molecule has 1 fully saturated rings. The van der Waals surface area contributed by atoms with Gasteiger partial charge >= 0.3 is 0 Å². The maximum atomic E-state index is 13.4. The molecule has 0 heterocycles. The first-order chi connectivity index (χ1) is 15.3. The fourth-order valence-electron chi connectivity index (χ4n) is 4.05. The molecule has 0 aromatic heterocycles. The van der Waals surface area contributed by atoms with Crippen LogP contribution in [-0.4, -0.2) is 28.8 Å². The molecule has 172 valence electrons. The number of hydrogen-bond donors (Lipinski definition) is 1. The summed E-state index contributed by atoms with van der Waals surface area (Å²) in [5.74, 6) is -0.301. The minimum absolute atomic E-state index is 0.103. The number of nitrogens with one attached hydrogen (secondary N) is 1. The van der Waals surface area contributed by atoms with Crippen LogP contribution in [0.4, 0.5) is 0 Å². The molecule has 0 spiro atoms. The molecule has 32 heavy (non-hydrogen) atoms. The quantitative estimate of drug-likeness (QED) is 0.424. The molecule has 1 saturated carbocycles. The molecule has 1 aliphatic rings. The molecule has 0 unspecified atom stereocenters. The molecular formula is C24H26Cl4N2O2. The van der Waals surface area contributed by atoms with E-state index in [4.69, 9.17) is 46.4 Å². The average molecular weight is 516 g/mol. The van der Waals surface area contributed by atoms with E-state index in [1.807, 2.05) is 13.0 Å². The van der Waals surface area contributed by atoms with Crippen molar-refractivity contribution >= 4 is 58.2 Å². The fourth-order valence-corrected chi connectivity index (χ4v) is 4.69. The van der Waals surface area contributed by atoms with Crippen LogP contribution in [-0.2, 0) is 22.6 Å². The number of amides is 2. The van der Waals surface area contributed by atoms with Crippen molar-refractivity contribution in [1.82, 2.24) is 10.2 Å². The molecule has 1 N–H and O–H groups in total. The Balaban J connectivity index is 1.85. The third-order valence-corrected chi connectivity index (χ3v) is 7.24. The van der Waals surface area contributed by atoms with E-state index in [-0.39, 0.29) is 30.8 Å². The van der Waals surface area contributed by atoms with Crippen LogP contribution in [0.5, 0.6) is 0 Å². The van der Waals surface area contributed by atoms with Gasteiger partial charge in [0.25, 0.3) is 0 Å². The Labute approximate surface area is 209 Å². The lowest BCUT2D eigenvalue weighted by Crippen LogP contribution is -2.51. The van der Waals surface area contributed by atoms with Crippen LogP contribution in [0.1, 0.15) is 50.2 Å². The van der Waals surface area contributed by atoms with Gasteiger partial charge in [-0.3, -0.25) is 9.59 Å². The number of rotatable bonds is 8. The van der Waals surface area contributed by atoms with E-state index in [2.05, 4.69) is 5.32 Å². The first-order valence-electron chi connectivity index (χ1n) is 10.8. The zero-order valence-electron chi connectivity index (χ0n) is 17.8. The second kappa shape index (κ2) is 11.6. The lowest BCUT2D eigenvalue weighted by molar-refractivity contribution is -0.141. The number of nitrogens with zero attached hydrogens (tertiary/aromatic N) is 1. The van der Waals surface area contributed by atoms with Crippen molar-refractivity contribution in [3.8, 4) is 0 Å². The first-order valence-corrected chi connectivity index (χ1v) is 12.3. The molecule has 1 aliphatic carbocycles. The summed E-state index contributed by atoms with van der Waals surface area (Å²) in [5, 5.41) is 4.80. The Morgan fingerprint density at radius 2 is 1.50 bits per heavy atom. The summed E-state index contributed by atoms with van der Waals surface area (Å²) in [4.78, 5) is 28.2. The van der Waals surface area contributed by atoms with Crippen LogP contribution in [0.3, 0.4) is 0 Å². The van der Waals surface area contributed by atoms with E-state index in [1.54, 1.807) is 35.2 Å². The van der Waals surface area contributed by atoms with Crippen LogP contribution in [0.15, 0.2) is 36.4 Å². The Morgan fingerprint density at radius 3 is 2.06 bits per heavy atom. The molecule has 0 bridgehead atoms. The van der Waals surface area contributed by atoms with Crippen molar-refractivity contribution in [2.75, 3.05) is 0 Å². The van der Waals surface area contributed by atoms with Gasteiger partial charge in [0.2, 0.25) is 11.8 Å². The lowest BCUT2D eigenvalue weighted by Gasteiger charge is -2.31. The molecule has 0 saturated heterocycles. The summed E-state index contributed by atoms with van der Waals surface area (Å²) >= 11 is 24.4. The predicted molar refractivity (Wildman–Crippen MR) is 132 cm³/mol. The second-order valence-electron chi connectivity index (χ2n) is 8.11. The zero-order valence-corrected chi connectivity index (χ0v) is 20.9. The summed E-state index contributed by atoms with van der Waals surface area (Å²) in [6, 6.07) is 9.93. The zero-order chi connectivity index (χ0) is 23.3. The molecular weight excluding hydrogens is 490 g/mol. The van der Waals surface area contributed by atoms with Crippen LogP contribution in [0, 0.1) is 0 Å². The van der Waals surface area contributed by atoms with Crippen LogP contribution in [0.2, 0.25) is 20.1 Å². The largest absolute Gasteiger partial charge is 0.352 e. The van der Waals surface area contributed by atoms with Crippen molar-refractivity contribution in [3.05, 3.63) is 67.6 Å². The number of carbonyl (C=O) groups excluding carboxylic acids is 2. The van der Waals surface area contributed by atoms with Gasteiger partial charge in [0.1, 0.15) is 6.04 Å². The molecule has 4 nitrogen and oxygen atoms in total. The molecule has 0 radical (unpaired) electrons. The summed E-state index contributed by atoms with van der Waals surface area (Å²) in [7, 11) is 0. The van der Waals surface area contributed by atoms with Crippen molar-refractivity contribution in [2.45, 2.75) is 64.1 Å². The topological polar surface area (TPSA) is 49.4 Å². The number of halogens is 4. The second-order valence-corrected chi connectivity index (χ2v) is 9.74. The standard InChI is InChI=1S/C24H26Cl4N2O2/c1-2-22(24(32)29-17-5-3-4-6-17)30(14-16-8-10-19(26)21(28)12-16)23(31)13-15-7-9-18(25)20(27)11-15/h7-12,17,22H,2-6,13-14H2,1H3,(H,29,32)/t22-/m0/s1. The van der Waals surface area contributed by atoms with E-state index in [1.165, 1.54) is 0 Å². The molecule has 1 atom stereocenters. The van der Waals surface area contributed by atoms with E-state index in [0.717, 1.165) is 36.8 Å². The predicted octanol–water partition coefficient (Wildman–Crippen LogP) is 6.71. The third kappa shape index (κ3) is 6.54. The summed E-state index contributed by atoms with van der Waals surface area (Å²) in [6.07, 6.45) is 4.78. The maximum absolute atomic E-state index is 13.4. The Hall–Kier alpha value is -1.46. The van der Waals surface area contributed by atoms with Gasteiger partial charge < -0.3 is 10.2 Å². The molecule has 2 aromatic rings. The van der Waals surface area contributed by atoms with Gasteiger partial charge in [0.05, 0.1) is 26.5 Å². The highest BCUT2D eigenvalue weighted by Crippen LogP contribution is 2.26. The highest BCUT2D eigenvalue weighted by atomic mass is 35.5. The summed E-state index contributed by atoms with van der Waals surface area (Å²) in [6.45, 7) is 2.15. The molecule has 0 aliphatic heterocycles. The average Bonchev–Trinajstić information content (AvgIpc) is 3.26. The van der Waals surface area contributed by atoms with Gasteiger partial charge in [-0.15, -0.1) is 0 Å². The fraction of sp³-hybridized carbons (Fsp3) is 0.417. The highest BCUT2D eigenvalue weighted by molar-refractivity contribution is 6.42. The molecule has 8 heteroatoms. The van der Waals surface area contributed by atoms with E-state index in [0.29, 0.717) is 26.5 Å². The van der Waals surface area contributed by atoms with Gasteiger partial charge in [0.15, 0.2) is 0 Å². The van der Waals surface area contributed by atoms with Gasteiger partial charge in [0, 0.05) is 12.6 Å². The molecule has 2 aromatic carbocycles. The van der Waals surface area contributed by atoms with Crippen molar-refractivity contribution in [1.29, 1.82) is 0 Å². The van der Waals surface area contributed by atoms with Gasteiger partial charge in [-0.05, 0) is 54.7 Å². The normalized spacial score (nSPS) is 14.9. The number of hydrogen-bond acceptors (Lipinski definition) is 2. The van der Waals surface area contributed by atoms with Crippen molar-refractivity contribution in [3.63, 3.8) is 0 Å². The van der Waals surface area contributed by atoms with Crippen LogP contribution >= 0.6 is 46.4 Å². The third-order valence-electron chi connectivity index (χ3n) is 5.76. The van der Waals surface area contributed by atoms with E-state index in [9.17, 15) is 9.59 Å². The maximum Gasteiger partial charge on any atom is 0.243 e. The highest BCUT2D eigenvalue weighted by Gasteiger charge is 2.30. The monoisotopic (exact) mass is 514 g/mol. The summed E-state index contributed by atoms with van der Waals surface area (Å²) < 4.78 is 0. The SMILES string of the molecule is CC[C@@H](C(=O)NC1CCCC1)N(Cc1ccc(Cl)c(Cl)c1)C(=O)Cc1ccc(Cl)c(Cl)c1. The van der Waals surface area contributed by atoms with Gasteiger partial charge in [-0.1, -0.05) is 78.3 Å². The van der Waals surface area contributed by atoms with Gasteiger partial charge in [-0.25, -0.2) is 0 Å². The first kappa shape index (κ1) is 25.2. The Morgan fingerprint density at radius 1 is 0.938 bits per heavy atom. The number of carbonyl (C=O) groups is 2. The van der Waals surface area contributed by atoms with Gasteiger partial charge in [-0.2, -0.15) is 0 Å². The minimum Gasteiger partial charge on any atom is -0.352 e. The van der Waals surface area contributed by atoms with E-state index < -0.39 is 6.04 Å². The lowest BCUT2D eigenvalue weighted by atomic mass is 10.1. The van der Waals surface area contributed by atoms with Crippen molar-refractivity contribution < 1.29 is 9.59 Å². The number of benzene rings is 2. The minimum atomic E-state index is -0.597. The van der Waals surface area contributed by atoms with Crippen molar-refractivity contribution in [2.24, 2.45) is 0 Å². The van der Waals surface area contributed by atoms with Crippen LogP contribution < -0.4 is 5.32 Å². The Bertz CT molecular complexity index is 976. The smallest absolute Gasteiger partial charge is 0.243 e. The summed E-state index contributed by atoms with van der Waals surface area (Å²) in [5.41, 5.74) is 1.53. The Kier molecular flexibility index (Phi) is 9.13.